The lowest BCUT2D eigenvalue weighted by Crippen LogP contribution is -2.09. The zero-order chi connectivity index (χ0) is 14.7. The molecule has 0 aliphatic heterocycles. The first-order valence-corrected chi connectivity index (χ1v) is 6.56. The van der Waals surface area contributed by atoms with E-state index in [4.69, 9.17) is 0 Å². The summed E-state index contributed by atoms with van der Waals surface area (Å²) in [6, 6.07) is 13.2. The fraction of sp³-hybridized carbons (Fsp3) is 0.250. The molecule has 0 aliphatic rings. The van der Waals surface area contributed by atoms with Gasteiger partial charge in [-0.1, -0.05) is 24.3 Å². The fourth-order valence-electron chi connectivity index (χ4n) is 2.31. The Labute approximate surface area is 118 Å². The molecule has 0 aromatic heterocycles. The monoisotopic (exact) mass is 270 g/mol. The Kier molecular flexibility index (Phi) is 4.03. The van der Waals surface area contributed by atoms with E-state index < -0.39 is 0 Å². The van der Waals surface area contributed by atoms with Crippen molar-refractivity contribution < 1.29 is 4.92 Å². The Morgan fingerprint density at radius 3 is 2.40 bits per heavy atom. The molecule has 0 aliphatic carbocycles. The average molecular weight is 270 g/mol. The van der Waals surface area contributed by atoms with Crippen LogP contribution in [0.1, 0.15) is 29.7 Å². The normalized spacial score (nSPS) is 11.9. The van der Waals surface area contributed by atoms with Crippen molar-refractivity contribution in [1.82, 2.24) is 0 Å². The van der Waals surface area contributed by atoms with Crippen molar-refractivity contribution in [3.05, 3.63) is 69.3 Å². The number of nitrogens with zero attached hydrogens (tertiary/aromatic N) is 1. The van der Waals surface area contributed by atoms with Crippen LogP contribution in [0, 0.1) is 24.0 Å². The van der Waals surface area contributed by atoms with Gasteiger partial charge in [0, 0.05) is 23.9 Å². The molecule has 4 nitrogen and oxygen atoms in total. The summed E-state index contributed by atoms with van der Waals surface area (Å²) in [6.45, 7) is 6.04. The maximum absolute atomic E-state index is 10.7. The van der Waals surface area contributed by atoms with Gasteiger partial charge in [-0.2, -0.15) is 0 Å². The number of rotatable bonds is 4. The molecule has 0 heterocycles. The molecule has 0 spiro atoms. The third kappa shape index (κ3) is 2.96. The number of nitro benzene ring substituents is 1. The first-order chi connectivity index (χ1) is 9.49. The van der Waals surface area contributed by atoms with Crippen LogP contribution in [0.4, 0.5) is 11.4 Å². The molecule has 1 atom stereocenters. The highest BCUT2D eigenvalue weighted by Gasteiger charge is 2.11. The van der Waals surface area contributed by atoms with Gasteiger partial charge in [-0.05, 0) is 43.5 Å². The Morgan fingerprint density at radius 2 is 1.80 bits per heavy atom. The van der Waals surface area contributed by atoms with E-state index >= 15 is 0 Å². The van der Waals surface area contributed by atoms with Gasteiger partial charge in [0.2, 0.25) is 0 Å². The predicted octanol–water partition coefficient (Wildman–Crippen LogP) is 4.38. The molecule has 0 radical (unpaired) electrons. The third-order valence-corrected chi connectivity index (χ3v) is 3.45. The van der Waals surface area contributed by atoms with E-state index in [1.165, 1.54) is 17.2 Å². The number of nitrogens with one attached hydrogen (secondary N) is 1. The molecular formula is C16H18N2O2. The van der Waals surface area contributed by atoms with Crippen LogP contribution in [0.15, 0.2) is 42.5 Å². The van der Waals surface area contributed by atoms with Crippen molar-refractivity contribution >= 4 is 11.4 Å². The highest BCUT2D eigenvalue weighted by atomic mass is 16.6. The Balaban J connectivity index is 2.22. The van der Waals surface area contributed by atoms with E-state index in [9.17, 15) is 10.1 Å². The van der Waals surface area contributed by atoms with Crippen molar-refractivity contribution in [3.8, 4) is 0 Å². The van der Waals surface area contributed by atoms with Gasteiger partial charge in [0.1, 0.15) is 0 Å². The molecule has 2 aromatic rings. The van der Waals surface area contributed by atoms with Gasteiger partial charge in [-0.25, -0.2) is 0 Å². The Morgan fingerprint density at radius 1 is 1.10 bits per heavy atom. The van der Waals surface area contributed by atoms with E-state index in [1.54, 1.807) is 12.1 Å². The van der Waals surface area contributed by atoms with Crippen LogP contribution in [-0.4, -0.2) is 4.92 Å². The highest BCUT2D eigenvalue weighted by molar-refractivity contribution is 5.56. The molecular weight excluding hydrogens is 252 g/mol. The third-order valence-electron chi connectivity index (χ3n) is 3.45. The molecule has 4 heteroatoms. The number of non-ortho nitro benzene ring substituents is 1. The van der Waals surface area contributed by atoms with Gasteiger partial charge in [-0.15, -0.1) is 0 Å². The summed E-state index contributed by atoms with van der Waals surface area (Å²) in [6.07, 6.45) is 0. The fourth-order valence-corrected chi connectivity index (χ4v) is 2.31. The van der Waals surface area contributed by atoms with Gasteiger partial charge in [0.15, 0.2) is 0 Å². The van der Waals surface area contributed by atoms with E-state index in [1.807, 2.05) is 19.1 Å². The van der Waals surface area contributed by atoms with Gasteiger partial charge >= 0.3 is 0 Å². The number of nitro groups is 1. The van der Waals surface area contributed by atoms with Crippen molar-refractivity contribution in [2.45, 2.75) is 26.8 Å². The summed E-state index contributed by atoms with van der Waals surface area (Å²) in [5, 5.41) is 14.1. The summed E-state index contributed by atoms with van der Waals surface area (Å²) in [7, 11) is 0. The molecule has 20 heavy (non-hydrogen) atoms. The summed E-state index contributed by atoms with van der Waals surface area (Å²) in [4.78, 5) is 10.4. The van der Waals surface area contributed by atoms with Gasteiger partial charge in [0.25, 0.3) is 5.69 Å². The van der Waals surface area contributed by atoms with Crippen molar-refractivity contribution in [1.29, 1.82) is 0 Å². The van der Waals surface area contributed by atoms with Crippen LogP contribution >= 0.6 is 0 Å². The minimum absolute atomic E-state index is 0.122. The van der Waals surface area contributed by atoms with Crippen LogP contribution in [0.5, 0.6) is 0 Å². The largest absolute Gasteiger partial charge is 0.378 e. The van der Waals surface area contributed by atoms with Crippen LogP contribution in [0.3, 0.4) is 0 Å². The predicted molar refractivity (Wildman–Crippen MR) is 81.1 cm³/mol. The SMILES string of the molecule is Cc1cc([N+](=O)[O-])ccc1NC(C)c1ccccc1C. The molecule has 104 valence electrons. The van der Waals surface area contributed by atoms with Crippen LogP contribution < -0.4 is 5.32 Å². The number of hydrogen-bond acceptors (Lipinski definition) is 3. The molecule has 0 amide bonds. The van der Waals surface area contributed by atoms with E-state index in [0.29, 0.717) is 0 Å². The first kappa shape index (κ1) is 14.1. The summed E-state index contributed by atoms with van der Waals surface area (Å²) >= 11 is 0. The first-order valence-electron chi connectivity index (χ1n) is 6.56. The maximum Gasteiger partial charge on any atom is 0.269 e. The van der Waals surface area contributed by atoms with Crippen molar-refractivity contribution in [3.63, 3.8) is 0 Å². The second-order valence-electron chi connectivity index (χ2n) is 4.98. The molecule has 1 N–H and O–H groups in total. The minimum atomic E-state index is -0.373. The van der Waals surface area contributed by atoms with Crippen molar-refractivity contribution in [2.24, 2.45) is 0 Å². The van der Waals surface area contributed by atoms with E-state index in [0.717, 1.165) is 11.3 Å². The standard InChI is InChI=1S/C16H18N2O2/c1-11-6-4-5-7-15(11)13(3)17-16-9-8-14(18(19)20)10-12(16)2/h4-10,13,17H,1-3H3. The lowest BCUT2D eigenvalue weighted by molar-refractivity contribution is -0.384. The topological polar surface area (TPSA) is 55.2 Å². The zero-order valence-electron chi connectivity index (χ0n) is 11.9. The highest BCUT2D eigenvalue weighted by Crippen LogP contribution is 2.26. The summed E-state index contributed by atoms with van der Waals surface area (Å²) < 4.78 is 0. The van der Waals surface area contributed by atoms with Gasteiger partial charge in [0.05, 0.1) is 4.92 Å². The molecule has 0 saturated carbocycles. The minimum Gasteiger partial charge on any atom is -0.378 e. The summed E-state index contributed by atoms with van der Waals surface area (Å²) in [5.41, 5.74) is 4.37. The van der Waals surface area contributed by atoms with Crippen LogP contribution in [0.2, 0.25) is 0 Å². The second kappa shape index (κ2) is 5.74. The van der Waals surface area contributed by atoms with Crippen molar-refractivity contribution in [2.75, 3.05) is 5.32 Å². The van der Waals surface area contributed by atoms with E-state index in [2.05, 4.69) is 31.3 Å². The molecule has 0 fully saturated rings. The lowest BCUT2D eigenvalue weighted by atomic mass is 10.0. The quantitative estimate of drug-likeness (QED) is 0.662. The lowest BCUT2D eigenvalue weighted by Gasteiger charge is -2.19. The smallest absolute Gasteiger partial charge is 0.269 e. The molecule has 0 bridgehead atoms. The number of aryl methyl sites for hydroxylation is 2. The van der Waals surface area contributed by atoms with Crippen LogP contribution in [0.25, 0.3) is 0 Å². The molecule has 0 saturated heterocycles. The zero-order valence-corrected chi connectivity index (χ0v) is 11.9. The second-order valence-corrected chi connectivity index (χ2v) is 4.98. The van der Waals surface area contributed by atoms with E-state index in [-0.39, 0.29) is 16.7 Å². The van der Waals surface area contributed by atoms with Gasteiger partial charge < -0.3 is 5.32 Å². The molecule has 1 unspecified atom stereocenters. The number of benzene rings is 2. The molecule has 2 rings (SSSR count). The number of anilines is 1. The number of hydrogen-bond donors (Lipinski definition) is 1. The van der Waals surface area contributed by atoms with Crippen LogP contribution in [-0.2, 0) is 0 Å². The van der Waals surface area contributed by atoms with Gasteiger partial charge in [-0.3, -0.25) is 10.1 Å². The molecule has 2 aromatic carbocycles. The maximum atomic E-state index is 10.7. The summed E-state index contributed by atoms with van der Waals surface area (Å²) in [5.74, 6) is 0. The average Bonchev–Trinajstić information content (AvgIpc) is 2.41. The Hall–Kier alpha value is -2.36. The Bertz CT molecular complexity index is 638.